The van der Waals surface area contributed by atoms with E-state index in [1.807, 2.05) is 31.3 Å². The van der Waals surface area contributed by atoms with Crippen molar-refractivity contribution in [2.75, 3.05) is 6.54 Å². The number of rotatable bonds is 3. The maximum Gasteiger partial charge on any atom is 0.417 e. The monoisotopic (exact) mass is 494 g/mol. The summed E-state index contributed by atoms with van der Waals surface area (Å²) in [5.74, 6) is -1.02. The van der Waals surface area contributed by atoms with E-state index in [9.17, 15) is 18.0 Å². The Labute approximate surface area is 200 Å². The molecule has 0 saturated heterocycles. The fourth-order valence-electron chi connectivity index (χ4n) is 4.33. The molecule has 5 aromatic rings. The Morgan fingerprint density at radius 3 is 2.81 bits per heavy atom. The Bertz CT molecular complexity index is 1580. The number of imidazole rings is 1. The second kappa shape index (κ2) is 8.00. The van der Waals surface area contributed by atoms with Gasteiger partial charge in [-0.25, -0.2) is 9.50 Å². The number of pyridine rings is 2. The first-order valence-corrected chi connectivity index (χ1v) is 10.9. The SMILES string of the molecule is Cc1cccn2nc(C3c4nc[nH]c4CCN3C(=O)c3nnc(-c4ccc(C(F)(F)F)cn4)o3)cc12. The summed E-state index contributed by atoms with van der Waals surface area (Å²) < 4.78 is 45.8. The molecule has 6 rings (SSSR count). The third kappa shape index (κ3) is 3.59. The van der Waals surface area contributed by atoms with Gasteiger partial charge in [-0.2, -0.15) is 18.3 Å². The van der Waals surface area contributed by atoms with Crippen LogP contribution < -0.4 is 0 Å². The van der Waals surface area contributed by atoms with Gasteiger partial charge >= 0.3 is 18.0 Å². The first-order chi connectivity index (χ1) is 17.3. The third-order valence-electron chi connectivity index (χ3n) is 6.12. The van der Waals surface area contributed by atoms with Crippen molar-refractivity contribution in [3.05, 3.63) is 83.2 Å². The van der Waals surface area contributed by atoms with Crippen LogP contribution in [0.4, 0.5) is 13.2 Å². The van der Waals surface area contributed by atoms with Crippen molar-refractivity contribution >= 4 is 11.4 Å². The van der Waals surface area contributed by atoms with Crippen molar-refractivity contribution < 1.29 is 22.4 Å². The lowest BCUT2D eigenvalue weighted by Crippen LogP contribution is -2.41. The number of aryl methyl sites for hydroxylation is 1. The van der Waals surface area contributed by atoms with Gasteiger partial charge in [-0.3, -0.25) is 9.78 Å². The fraction of sp³-hybridized carbons (Fsp3) is 0.217. The number of H-pyrrole nitrogens is 1. The van der Waals surface area contributed by atoms with E-state index in [-0.39, 0.29) is 17.5 Å². The number of fused-ring (bicyclic) bond motifs is 2. The summed E-state index contributed by atoms with van der Waals surface area (Å²) in [5, 5.41) is 12.3. The molecule has 1 unspecified atom stereocenters. The molecule has 13 heteroatoms. The summed E-state index contributed by atoms with van der Waals surface area (Å²) in [7, 11) is 0. The number of alkyl halides is 3. The van der Waals surface area contributed by atoms with Gasteiger partial charge < -0.3 is 14.3 Å². The van der Waals surface area contributed by atoms with Crippen molar-refractivity contribution in [3.8, 4) is 11.6 Å². The van der Waals surface area contributed by atoms with Crippen LogP contribution >= 0.6 is 0 Å². The molecule has 182 valence electrons. The summed E-state index contributed by atoms with van der Waals surface area (Å²) in [5.41, 5.74) is 3.23. The molecule has 0 saturated carbocycles. The third-order valence-corrected chi connectivity index (χ3v) is 6.12. The quantitative estimate of drug-likeness (QED) is 0.407. The van der Waals surface area contributed by atoms with Crippen LogP contribution in [0.3, 0.4) is 0 Å². The van der Waals surface area contributed by atoms with Crippen LogP contribution in [0.2, 0.25) is 0 Å². The molecule has 1 N–H and O–H groups in total. The second-order valence-electron chi connectivity index (χ2n) is 8.35. The van der Waals surface area contributed by atoms with Crippen LogP contribution in [0.1, 0.15) is 44.9 Å². The molecule has 0 fully saturated rings. The minimum absolute atomic E-state index is 0.0233. The molecule has 36 heavy (non-hydrogen) atoms. The van der Waals surface area contributed by atoms with E-state index in [1.54, 1.807) is 15.7 Å². The molecular formula is C23H17F3N8O2. The average Bonchev–Trinajstić information content (AvgIpc) is 3.62. The molecule has 6 heterocycles. The number of hydrogen-bond donors (Lipinski definition) is 1. The number of hydrogen-bond acceptors (Lipinski definition) is 7. The number of nitrogens with one attached hydrogen (secondary N) is 1. The standard InChI is InChI=1S/C23H17F3N8O2/c1-12-3-2-7-34-17(12)9-16(32-34)19-18-14(28-11-29-18)6-8-33(19)22(35)21-31-30-20(36-21)15-5-4-13(10-27-15)23(24,25)26/h2-5,7,9-11,19H,6,8H2,1H3,(H,28,29). The van der Waals surface area contributed by atoms with Crippen LogP contribution in [0.25, 0.3) is 17.1 Å². The number of aromatic amines is 1. The molecule has 0 aromatic carbocycles. The Morgan fingerprint density at radius 2 is 2.06 bits per heavy atom. The minimum Gasteiger partial charge on any atom is -0.411 e. The van der Waals surface area contributed by atoms with Crippen molar-refractivity contribution in [3.63, 3.8) is 0 Å². The predicted molar refractivity (Wildman–Crippen MR) is 118 cm³/mol. The van der Waals surface area contributed by atoms with Crippen LogP contribution in [0.15, 0.2) is 53.5 Å². The van der Waals surface area contributed by atoms with Gasteiger partial charge in [-0.1, -0.05) is 6.07 Å². The molecule has 1 amide bonds. The van der Waals surface area contributed by atoms with Crippen molar-refractivity contribution in [2.24, 2.45) is 0 Å². The van der Waals surface area contributed by atoms with Crippen LogP contribution in [-0.2, 0) is 12.6 Å². The highest BCUT2D eigenvalue weighted by Gasteiger charge is 2.38. The zero-order chi connectivity index (χ0) is 25.0. The summed E-state index contributed by atoms with van der Waals surface area (Å²) in [6.45, 7) is 2.31. The zero-order valence-electron chi connectivity index (χ0n) is 18.7. The molecule has 0 spiro atoms. The van der Waals surface area contributed by atoms with Gasteiger partial charge in [0.25, 0.3) is 5.89 Å². The lowest BCUT2D eigenvalue weighted by atomic mass is 9.99. The van der Waals surface area contributed by atoms with E-state index in [0.717, 1.165) is 28.9 Å². The number of nitrogens with zero attached hydrogens (tertiary/aromatic N) is 7. The Morgan fingerprint density at radius 1 is 1.19 bits per heavy atom. The Balaban J connectivity index is 1.35. The Kier molecular flexibility index (Phi) is 4.88. The van der Waals surface area contributed by atoms with Crippen molar-refractivity contribution in [1.82, 2.24) is 39.7 Å². The molecular weight excluding hydrogens is 477 g/mol. The van der Waals surface area contributed by atoms with Gasteiger partial charge in [0.1, 0.15) is 11.7 Å². The van der Waals surface area contributed by atoms with Gasteiger partial charge in [0.15, 0.2) is 0 Å². The van der Waals surface area contributed by atoms with E-state index in [4.69, 9.17) is 4.42 Å². The summed E-state index contributed by atoms with van der Waals surface area (Å²) in [4.78, 5) is 26.4. The van der Waals surface area contributed by atoms with Gasteiger partial charge in [0.2, 0.25) is 0 Å². The van der Waals surface area contributed by atoms with Crippen LogP contribution in [0, 0.1) is 6.92 Å². The van der Waals surface area contributed by atoms with Crippen molar-refractivity contribution in [2.45, 2.75) is 25.6 Å². The minimum atomic E-state index is -4.52. The van der Waals surface area contributed by atoms with Gasteiger partial charge in [0.05, 0.1) is 28.8 Å². The topological polar surface area (TPSA) is 118 Å². The molecule has 5 aromatic heterocycles. The molecule has 1 atom stereocenters. The normalized spacial score (nSPS) is 15.9. The predicted octanol–water partition coefficient (Wildman–Crippen LogP) is 3.62. The smallest absolute Gasteiger partial charge is 0.411 e. The highest BCUT2D eigenvalue weighted by molar-refractivity contribution is 5.90. The van der Waals surface area contributed by atoms with Gasteiger partial charge in [-0.05, 0) is 36.8 Å². The maximum absolute atomic E-state index is 13.5. The molecule has 1 aliphatic heterocycles. The van der Waals surface area contributed by atoms with Crippen LogP contribution in [0.5, 0.6) is 0 Å². The van der Waals surface area contributed by atoms with E-state index >= 15 is 0 Å². The number of halogens is 3. The highest BCUT2D eigenvalue weighted by Crippen LogP contribution is 2.35. The summed E-state index contributed by atoms with van der Waals surface area (Å²) in [6.07, 6.45) is 0.0886. The molecule has 0 bridgehead atoms. The molecule has 1 aliphatic rings. The Hall–Kier alpha value is -4.55. The van der Waals surface area contributed by atoms with E-state index in [0.29, 0.717) is 30.6 Å². The van der Waals surface area contributed by atoms with Crippen LogP contribution in [-0.4, -0.2) is 52.1 Å². The van der Waals surface area contributed by atoms with E-state index in [1.165, 1.54) is 0 Å². The maximum atomic E-state index is 13.5. The molecule has 10 nitrogen and oxygen atoms in total. The highest BCUT2D eigenvalue weighted by atomic mass is 19.4. The zero-order valence-corrected chi connectivity index (χ0v) is 18.7. The fourth-order valence-corrected chi connectivity index (χ4v) is 4.33. The van der Waals surface area contributed by atoms with Crippen molar-refractivity contribution in [1.29, 1.82) is 0 Å². The van der Waals surface area contributed by atoms with Gasteiger partial charge in [0, 0.05) is 31.1 Å². The lowest BCUT2D eigenvalue weighted by Gasteiger charge is -2.32. The average molecular weight is 494 g/mol. The largest absolute Gasteiger partial charge is 0.417 e. The van der Waals surface area contributed by atoms with E-state index in [2.05, 4.69) is 30.2 Å². The number of amides is 1. The summed E-state index contributed by atoms with van der Waals surface area (Å²) in [6, 6.07) is 7.14. The second-order valence-corrected chi connectivity index (χ2v) is 8.35. The number of carbonyl (C=O) groups excluding carboxylic acids is 1. The van der Waals surface area contributed by atoms with Gasteiger partial charge in [-0.15, -0.1) is 10.2 Å². The lowest BCUT2D eigenvalue weighted by molar-refractivity contribution is -0.137. The van der Waals surface area contributed by atoms with E-state index < -0.39 is 23.7 Å². The number of aromatic nitrogens is 7. The first kappa shape index (κ1) is 21.9. The molecule has 0 radical (unpaired) electrons. The number of carbonyl (C=O) groups is 1. The molecule has 0 aliphatic carbocycles. The first-order valence-electron chi connectivity index (χ1n) is 10.9. The summed E-state index contributed by atoms with van der Waals surface area (Å²) >= 11 is 0.